The first-order chi connectivity index (χ1) is 16.5. The normalized spacial score (nSPS) is 10.7. The highest BCUT2D eigenvalue weighted by Gasteiger charge is 2.17. The summed E-state index contributed by atoms with van der Waals surface area (Å²) in [6, 6.07) is 23.0. The van der Waals surface area contributed by atoms with Crippen molar-refractivity contribution in [1.82, 2.24) is 14.8 Å². The van der Waals surface area contributed by atoms with E-state index in [1.807, 2.05) is 84.3 Å². The first-order valence-corrected chi connectivity index (χ1v) is 12.3. The molecule has 0 saturated carbocycles. The number of carbonyl (C=O) groups is 1. The van der Waals surface area contributed by atoms with Crippen LogP contribution in [0.25, 0.3) is 5.69 Å². The van der Waals surface area contributed by atoms with E-state index >= 15 is 0 Å². The molecule has 0 atom stereocenters. The SMILES string of the molecule is COc1cc(C)ccc1OCc1nnc(SCC(=O)Nc2cccc(Br)c2)n1-c1ccccc1. The molecule has 0 saturated heterocycles. The third-order valence-corrected chi connectivity index (χ3v) is 6.25. The Labute approximate surface area is 210 Å². The number of benzene rings is 3. The molecular weight excluding hydrogens is 516 g/mol. The van der Waals surface area contributed by atoms with Crippen LogP contribution in [0.4, 0.5) is 5.69 Å². The second-order valence-corrected chi connectivity index (χ2v) is 9.22. The molecule has 1 heterocycles. The highest BCUT2D eigenvalue weighted by Crippen LogP contribution is 2.29. The van der Waals surface area contributed by atoms with Gasteiger partial charge in [-0.15, -0.1) is 10.2 Å². The van der Waals surface area contributed by atoms with Crippen molar-refractivity contribution in [3.05, 3.63) is 88.7 Å². The molecule has 3 aromatic carbocycles. The first kappa shape index (κ1) is 23.8. The number of hydrogen-bond donors (Lipinski definition) is 1. The second kappa shape index (κ2) is 11.2. The molecule has 4 rings (SSSR count). The fourth-order valence-electron chi connectivity index (χ4n) is 3.25. The molecule has 0 spiro atoms. The summed E-state index contributed by atoms with van der Waals surface area (Å²) >= 11 is 4.72. The first-order valence-electron chi connectivity index (χ1n) is 10.5. The van der Waals surface area contributed by atoms with Crippen LogP contribution in [0.5, 0.6) is 11.5 Å². The molecule has 0 aliphatic heterocycles. The van der Waals surface area contributed by atoms with E-state index in [1.165, 1.54) is 11.8 Å². The Morgan fingerprint density at radius 3 is 2.62 bits per heavy atom. The number of amides is 1. The molecule has 1 aromatic heterocycles. The number of rotatable bonds is 9. The number of para-hydroxylation sites is 1. The second-order valence-electron chi connectivity index (χ2n) is 7.36. The number of hydrogen-bond acceptors (Lipinski definition) is 6. The third kappa shape index (κ3) is 5.98. The van der Waals surface area contributed by atoms with Crippen molar-refractivity contribution in [3.8, 4) is 17.2 Å². The van der Waals surface area contributed by atoms with E-state index < -0.39 is 0 Å². The van der Waals surface area contributed by atoms with Crippen LogP contribution >= 0.6 is 27.7 Å². The zero-order chi connectivity index (χ0) is 23.9. The van der Waals surface area contributed by atoms with Crippen molar-refractivity contribution in [1.29, 1.82) is 0 Å². The fourth-order valence-corrected chi connectivity index (χ4v) is 4.42. The third-order valence-electron chi connectivity index (χ3n) is 4.83. The van der Waals surface area contributed by atoms with E-state index in [9.17, 15) is 4.79 Å². The lowest BCUT2D eigenvalue weighted by atomic mass is 10.2. The van der Waals surface area contributed by atoms with Gasteiger partial charge in [-0.3, -0.25) is 9.36 Å². The van der Waals surface area contributed by atoms with Crippen LogP contribution in [-0.4, -0.2) is 33.5 Å². The summed E-state index contributed by atoms with van der Waals surface area (Å²) < 4.78 is 14.3. The van der Waals surface area contributed by atoms with Crippen LogP contribution < -0.4 is 14.8 Å². The molecule has 0 bridgehead atoms. The Hall–Kier alpha value is -3.30. The van der Waals surface area contributed by atoms with Crippen LogP contribution in [0.15, 0.2) is 82.4 Å². The van der Waals surface area contributed by atoms with E-state index in [2.05, 4.69) is 31.4 Å². The van der Waals surface area contributed by atoms with Gasteiger partial charge in [-0.05, 0) is 55.0 Å². The summed E-state index contributed by atoms with van der Waals surface area (Å²) in [6.07, 6.45) is 0. The minimum Gasteiger partial charge on any atom is -0.493 e. The molecule has 7 nitrogen and oxygen atoms in total. The summed E-state index contributed by atoms with van der Waals surface area (Å²) in [5, 5.41) is 12.2. The smallest absolute Gasteiger partial charge is 0.234 e. The highest BCUT2D eigenvalue weighted by atomic mass is 79.9. The van der Waals surface area contributed by atoms with Gasteiger partial charge in [0.05, 0.1) is 12.9 Å². The number of carbonyl (C=O) groups excluding carboxylic acids is 1. The van der Waals surface area contributed by atoms with Gasteiger partial charge < -0.3 is 14.8 Å². The lowest BCUT2D eigenvalue weighted by molar-refractivity contribution is -0.113. The molecule has 4 aromatic rings. The fraction of sp³-hybridized carbons (Fsp3) is 0.160. The van der Waals surface area contributed by atoms with Crippen LogP contribution in [0.2, 0.25) is 0 Å². The lowest BCUT2D eigenvalue weighted by Crippen LogP contribution is -2.14. The predicted octanol–water partition coefficient (Wildman–Crippen LogP) is 5.66. The number of methoxy groups -OCH3 is 1. The van der Waals surface area contributed by atoms with Crippen molar-refractivity contribution in [2.75, 3.05) is 18.2 Å². The van der Waals surface area contributed by atoms with Gasteiger partial charge >= 0.3 is 0 Å². The summed E-state index contributed by atoms with van der Waals surface area (Å²) in [5.74, 6) is 1.95. The van der Waals surface area contributed by atoms with Crippen molar-refractivity contribution in [2.24, 2.45) is 0 Å². The molecule has 0 aliphatic rings. The summed E-state index contributed by atoms with van der Waals surface area (Å²) in [7, 11) is 1.61. The van der Waals surface area contributed by atoms with Gasteiger partial charge in [-0.2, -0.15) is 0 Å². The van der Waals surface area contributed by atoms with Gasteiger partial charge in [0.15, 0.2) is 22.5 Å². The topological polar surface area (TPSA) is 78.3 Å². The van der Waals surface area contributed by atoms with E-state index in [0.29, 0.717) is 22.5 Å². The minimum absolute atomic E-state index is 0.132. The predicted molar refractivity (Wildman–Crippen MR) is 137 cm³/mol. The Morgan fingerprint density at radius 1 is 1.03 bits per heavy atom. The monoisotopic (exact) mass is 538 g/mol. The Morgan fingerprint density at radius 2 is 1.85 bits per heavy atom. The van der Waals surface area contributed by atoms with E-state index in [-0.39, 0.29) is 18.3 Å². The van der Waals surface area contributed by atoms with Crippen molar-refractivity contribution in [3.63, 3.8) is 0 Å². The largest absolute Gasteiger partial charge is 0.493 e. The number of aryl methyl sites for hydroxylation is 1. The molecule has 0 unspecified atom stereocenters. The number of nitrogens with zero attached hydrogens (tertiary/aromatic N) is 3. The maximum absolute atomic E-state index is 12.5. The summed E-state index contributed by atoms with van der Waals surface area (Å²) in [5.41, 5.74) is 2.69. The summed E-state index contributed by atoms with van der Waals surface area (Å²) in [4.78, 5) is 12.5. The van der Waals surface area contributed by atoms with Crippen LogP contribution in [0.1, 0.15) is 11.4 Å². The average Bonchev–Trinajstić information content (AvgIpc) is 3.25. The van der Waals surface area contributed by atoms with Gasteiger partial charge in [0.2, 0.25) is 5.91 Å². The molecule has 174 valence electrons. The maximum atomic E-state index is 12.5. The average molecular weight is 539 g/mol. The van der Waals surface area contributed by atoms with Crippen molar-refractivity contribution in [2.45, 2.75) is 18.7 Å². The van der Waals surface area contributed by atoms with Gasteiger partial charge in [-0.1, -0.05) is 58.0 Å². The summed E-state index contributed by atoms with van der Waals surface area (Å²) in [6.45, 7) is 2.18. The molecule has 0 aliphatic carbocycles. The Bertz CT molecular complexity index is 1280. The zero-order valence-corrected chi connectivity index (χ0v) is 21.1. The van der Waals surface area contributed by atoms with Gasteiger partial charge in [0, 0.05) is 15.8 Å². The molecular formula is C25H23BrN4O3S. The van der Waals surface area contributed by atoms with Crippen molar-refractivity contribution >= 4 is 39.3 Å². The van der Waals surface area contributed by atoms with Crippen LogP contribution in [0.3, 0.4) is 0 Å². The molecule has 1 N–H and O–H groups in total. The zero-order valence-electron chi connectivity index (χ0n) is 18.7. The van der Waals surface area contributed by atoms with Crippen molar-refractivity contribution < 1.29 is 14.3 Å². The number of aromatic nitrogens is 3. The van der Waals surface area contributed by atoms with Crippen LogP contribution in [-0.2, 0) is 11.4 Å². The minimum atomic E-state index is -0.132. The molecule has 9 heteroatoms. The Kier molecular flexibility index (Phi) is 7.87. The number of halogens is 1. The number of nitrogens with one attached hydrogen (secondary N) is 1. The Balaban J connectivity index is 1.51. The van der Waals surface area contributed by atoms with E-state index in [1.54, 1.807) is 7.11 Å². The van der Waals surface area contributed by atoms with Gasteiger partial charge in [0.1, 0.15) is 6.61 Å². The standard InChI is InChI=1S/C25H23BrN4O3S/c1-17-11-12-21(22(13-17)32-2)33-15-23-28-29-25(30(23)20-9-4-3-5-10-20)34-16-24(31)27-19-8-6-7-18(26)14-19/h3-14H,15-16H2,1-2H3,(H,27,31). The highest BCUT2D eigenvalue weighted by molar-refractivity contribution is 9.10. The molecule has 0 fully saturated rings. The molecule has 0 radical (unpaired) electrons. The number of thioether (sulfide) groups is 1. The van der Waals surface area contributed by atoms with Crippen LogP contribution in [0, 0.1) is 6.92 Å². The van der Waals surface area contributed by atoms with Gasteiger partial charge in [-0.25, -0.2) is 0 Å². The van der Waals surface area contributed by atoms with Gasteiger partial charge in [0.25, 0.3) is 0 Å². The molecule has 1 amide bonds. The number of ether oxygens (including phenoxy) is 2. The number of anilines is 1. The lowest BCUT2D eigenvalue weighted by Gasteiger charge is -2.13. The van der Waals surface area contributed by atoms with E-state index in [4.69, 9.17) is 9.47 Å². The molecule has 34 heavy (non-hydrogen) atoms. The quantitative estimate of drug-likeness (QED) is 0.277. The van der Waals surface area contributed by atoms with E-state index in [0.717, 1.165) is 21.4 Å². The maximum Gasteiger partial charge on any atom is 0.234 e.